The summed E-state index contributed by atoms with van der Waals surface area (Å²) in [5.41, 5.74) is 0.478. The van der Waals surface area contributed by atoms with E-state index in [1.165, 1.54) is 16.4 Å². The highest BCUT2D eigenvalue weighted by Crippen LogP contribution is 2.19. The Hall–Kier alpha value is -2.43. The number of carbonyl (C=O) groups is 2. The Morgan fingerprint density at radius 2 is 1.86 bits per heavy atom. The summed E-state index contributed by atoms with van der Waals surface area (Å²) in [6.45, 7) is 4.57. The first-order chi connectivity index (χ1) is 13.9. The second-order valence-corrected chi connectivity index (χ2v) is 9.07. The fourth-order valence-electron chi connectivity index (χ4n) is 2.63. The van der Waals surface area contributed by atoms with Crippen LogP contribution < -0.4 is 16.0 Å². The quantitative estimate of drug-likeness (QED) is 0.527. The van der Waals surface area contributed by atoms with Crippen molar-refractivity contribution in [2.24, 2.45) is 0 Å². The van der Waals surface area contributed by atoms with Gasteiger partial charge in [0.15, 0.2) is 0 Å². The highest BCUT2D eigenvalue weighted by atomic mass is 32.2. The summed E-state index contributed by atoms with van der Waals surface area (Å²) < 4.78 is 26.5. The van der Waals surface area contributed by atoms with E-state index in [4.69, 9.17) is 0 Å². The molecule has 0 saturated heterocycles. The molecule has 0 fully saturated rings. The molecule has 0 spiro atoms. The van der Waals surface area contributed by atoms with Gasteiger partial charge < -0.3 is 10.6 Å². The fraction of sp³-hybridized carbons (Fsp3) is 0.368. The van der Waals surface area contributed by atoms with Gasteiger partial charge in [0.2, 0.25) is 15.9 Å². The van der Waals surface area contributed by atoms with Gasteiger partial charge in [0.1, 0.15) is 0 Å². The molecular weight excluding hydrogens is 412 g/mol. The number of urea groups is 1. The van der Waals surface area contributed by atoms with Gasteiger partial charge in [0.05, 0.1) is 11.4 Å². The minimum Gasteiger partial charge on any atom is -0.376 e. The van der Waals surface area contributed by atoms with E-state index in [0.717, 1.165) is 4.88 Å². The van der Waals surface area contributed by atoms with E-state index in [0.29, 0.717) is 31.7 Å². The molecular formula is C19H26N4O4S2. The van der Waals surface area contributed by atoms with Crippen LogP contribution in [-0.4, -0.2) is 50.8 Å². The number of carbonyl (C=O) groups excluding carboxylic acids is 2. The maximum atomic E-state index is 12.6. The zero-order chi connectivity index (χ0) is 21.3. The summed E-state index contributed by atoms with van der Waals surface area (Å²) >= 11 is 1.61. The lowest BCUT2D eigenvalue weighted by Crippen LogP contribution is -2.42. The van der Waals surface area contributed by atoms with Crippen molar-refractivity contribution in [2.45, 2.75) is 25.2 Å². The van der Waals surface area contributed by atoms with Gasteiger partial charge >= 0.3 is 6.03 Å². The van der Waals surface area contributed by atoms with Crippen LogP contribution in [0.25, 0.3) is 0 Å². The average molecular weight is 439 g/mol. The molecule has 2 aromatic rings. The van der Waals surface area contributed by atoms with Crippen LogP contribution in [-0.2, 0) is 21.2 Å². The zero-order valence-electron chi connectivity index (χ0n) is 16.5. The monoisotopic (exact) mass is 438 g/mol. The molecule has 0 bridgehead atoms. The molecule has 2 rings (SSSR count). The number of amides is 3. The molecule has 1 heterocycles. The maximum Gasteiger partial charge on any atom is 0.321 e. The Morgan fingerprint density at radius 3 is 2.52 bits per heavy atom. The van der Waals surface area contributed by atoms with Crippen LogP contribution in [0.1, 0.15) is 18.7 Å². The number of hydrogen-bond acceptors (Lipinski definition) is 6. The van der Waals surface area contributed by atoms with Crippen molar-refractivity contribution in [3.05, 3.63) is 46.7 Å². The van der Waals surface area contributed by atoms with Gasteiger partial charge in [-0.2, -0.15) is 4.31 Å². The fourth-order valence-corrected chi connectivity index (χ4v) is 4.84. The van der Waals surface area contributed by atoms with Crippen molar-refractivity contribution >= 4 is 39.0 Å². The minimum absolute atomic E-state index is 0.151. The van der Waals surface area contributed by atoms with Crippen LogP contribution in [0.3, 0.4) is 0 Å². The van der Waals surface area contributed by atoms with Crippen LogP contribution in [0.4, 0.5) is 10.5 Å². The van der Waals surface area contributed by atoms with Crippen molar-refractivity contribution in [3.63, 3.8) is 0 Å². The lowest BCUT2D eigenvalue weighted by atomic mass is 10.3. The Morgan fingerprint density at radius 1 is 1.10 bits per heavy atom. The molecule has 3 N–H and O–H groups in total. The Bertz CT molecular complexity index is 910. The molecule has 0 atom stereocenters. The number of imide groups is 1. The smallest absolute Gasteiger partial charge is 0.321 e. The average Bonchev–Trinajstić information content (AvgIpc) is 3.21. The summed E-state index contributed by atoms with van der Waals surface area (Å²) in [4.78, 5) is 25.0. The SMILES string of the molecule is CCN(CC)S(=O)(=O)c1cccc(NCC(=O)NC(=O)NCCc2cccs2)c1. The molecule has 8 nitrogen and oxygen atoms in total. The highest BCUT2D eigenvalue weighted by Gasteiger charge is 2.21. The van der Waals surface area contributed by atoms with Gasteiger partial charge in [-0.25, -0.2) is 13.2 Å². The van der Waals surface area contributed by atoms with Crippen molar-refractivity contribution in [1.82, 2.24) is 14.9 Å². The first-order valence-electron chi connectivity index (χ1n) is 9.31. The number of hydrogen-bond donors (Lipinski definition) is 3. The third-order valence-electron chi connectivity index (χ3n) is 4.12. The predicted octanol–water partition coefficient (Wildman–Crippen LogP) is 2.26. The molecule has 0 radical (unpaired) electrons. The van der Waals surface area contributed by atoms with Gasteiger partial charge in [0, 0.05) is 30.2 Å². The van der Waals surface area contributed by atoms with Crippen molar-refractivity contribution in [2.75, 3.05) is 31.5 Å². The summed E-state index contributed by atoms with van der Waals surface area (Å²) in [5, 5.41) is 9.67. The van der Waals surface area contributed by atoms with Crippen LogP contribution in [0.2, 0.25) is 0 Å². The number of anilines is 1. The summed E-state index contributed by atoms with van der Waals surface area (Å²) in [7, 11) is -3.58. The van der Waals surface area contributed by atoms with E-state index in [9.17, 15) is 18.0 Å². The van der Waals surface area contributed by atoms with E-state index < -0.39 is 22.0 Å². The number of benzene rings is 1. The minimum atomic E-state index is -3.58. The number of thiophene rings is 1. The summed E-state index contributed by atoms with van der Waals surface area (Å²) in [6.07, 6.45) is 0.700. The lowest BCUT2D eigenvalue weighted by molar-refractivity contribution is -0.118. The number of nitrogens with one attached hydrogen (secondary N) is 3. The molecule has 3 amide bonds. The van der Waals surface area contributed by atoms with E-state index >= 15 is 0 Å². The molecule has 0 aliphatic heterocycles. The van der Waals surface area contributed by atoms with Gasteiger partial charge in [0.25, 0.3) is 0 Å². The van der Waals surface area contributed by atoms with Crippen molar-refractivity contribution in [3.8, 4) is 0 Å². The largest absolute Gasteiger partial charge is 0.376 e. The van der Waals surface area contributed by atoms with E-state index in [1.54, 1.807) is 37.3 Å². The molecule has 0 unspecified atom stereocenters. The molecule has 0 aliphatic carbocycles. The standard InChI is InChI=1S/C19H26N4O4S2/c1-3-23(4-2)29(26,27)17-9-5-7-15(13-17)21-14-18(24)22-19(25)20-11-10-16-8-6-12-28-16/h5-9,12-13,21H,3-4,10-11,14H2,1-2H3,(H2,20,22,24,25). The number of sulfonamides is 1. The molecule has 158 valence electrons. The molecule has 10 heteroatoms. The van der Waals surface area contributed by atoms with Gasteiger partial charge in [-0.1, -0.05) is 26.0 Å². The van der Waals surface area contributed by atoms with E-state index in [1.807, 2.05) is 17.5 Å². The topological polar surface area (TPSA) is 108 Å². The van der Waals surface area contributed by atoms with E-state index in [2.05, 4.69) is 16.0 Å². The maximum absolute atomic E-state index is 12.6. The summed E-state index contributed by atoms with van der Waals surface area (Å²) in [5.74, 6) is -0.518. The molecule has 29 heavy (non-hydrogen) atoms. The number of rotatable bonds is 10. The van der Waals surface area contributed by atoms with Crippen LogP contribution in [0.15, 0.2) is 46.7 Å². The predicted molar refractivity (Wildman–Crippen MR) is 115 cm³/mol. The van der Waals surface area contributed by atoms with Crippen LogP contribution >= 0.6 is 11.3 Å². The third kappa shape index (κ3) is 6.84. The van der Waals surface area contributed by atoms with E-state index in [-0.39, 0.29) is 11.4 Å². The Labute approximate surface area is 175 Å². The van der Waals surface area contributed by atoms with Crippen molar-refractivity contribution < 1.29 is 18.0 Å². The summed E-state index contributed by atoms with van der Waals surface area (Å²) in [6, 6.07) is 9.61. The molecule has 1 aromatic carbocycles. The zero-order valence-corrected chi connectivity index (χ0v) is 18.1. The molecule has 0 aliphatic rings. The second-order valence-electron chi connectivity index (χ2n) is 6.10. The van der Waals surface area contributed by atoms with Crippen LogP contribution in [0, 0.1) is 0 Å². The Balaban J connectivity index is 1.83. The van der Waals surface area contributed by atoms with Gasteiger partial charge in [-0.3, -0.25) is 10.1 Å². The second kappa shape index (κ2) is 10.9. The normalized spacial score (nSPS) is 11.3. The third-order valence-corrected chi connectivity index (χ3v) is 7.10. The highest BCUT2D eigenvalue weighted by molar-refractivity contribution is 7.89. The van der Waals surface area contributed by atoms with Crippen molar-refractivity contribution in [1.29, 1.82) is 0 Å². The number of nitrogens with zero attached hydrogens (tertiary/aromatic N) is 1. The lowest BCUT2D eigenvalue weighted by Gasteiger charge is -2.19. The van der Waals surface area contributed by atoms with Gasteiger partial charge in [-0.05, 0) is 36.1 Å². The molecule has 1 aromatic heterocycles. The van der Waals surface area contributed by atoms with Crippen LogP contribution in [0.5, 0.6) is 0 Å². The first kappa shape index (κ1) is 22.9. The van der Waals surface area contributed by atoms with Gasteiger partial charge in [-0.15, -0.1) is 11.3 Å². The Kier molecular flexibility index (Phi) is 8.62. The first-order valence-corrected chi connectivity index (χ1v) is 11.6. The molecule has 0 saturated carbocycles.